The van der Waals surface area contributed by atoms with Crippen molar-refractivity contribution in [2.75, 3.05) is 0 Å². The lowest BCUT2D eigenvalue weighted by Gasteiger charge is -2.29. The Morgan fingerprint density at radius 3 is 2.46 bits per heavy atom. The Morgan fingerprint density at radius 2 is 1.68 bits per heavy atom. The van der Waals surface area contributed by atoms with Gasteiger partial charge in [-0.15, -0.1) is 0 Å². The first-order valence-corrected chi connectivity index (χ1v) is 14.7. The van der Waals surface area contributed by atoms with Crippen LogP contribution in [-0.4, -0.2) is 31.1 Å². The van der Waals surface area contributed by atoms with Crippen LogP contribution < -0.4 is 16.6 Å². The second-order valence-electron chi connectivity index (χ2n) is 11.4. The summed E-state index contributed by atoms with van der Waals surface area (Å²) in [6, 6.07) is 15.0. The average Bonchev–Trinajstić information content (AvgIpc) is 3.66. The third-order valence-electron chi connectivity index (χ3n) is 8.90. The Balaban J connectivity index is 1.09. The third kappa shape index (κ3) is 4.69. The fraction of sp³-hybridized carbons (Fsp3) is 0.375. The number of carbonyl (C=O) groups excluding carboxylic acids is 1. The lowest BCUT2D eigenvalue weighted by molar-refractivity contribution is 0.0922. The molecule has 2 saturated carbocycles. The normalized spacial score (nSPS) is 20.0. The number of benzene rings is 2. The number of amides is 1. The van der Waals surface area contributed by atoms with E-state index in [1.807, 2.05) is 24.3 Å². The summed E-state index contributed by atoms with van der Waals surface area (Å²) in [5.74, 6) is 0.753. The number of hydrogen-bond donors (Lipinski definition) is 2. The zero-order valence-corrected chi connectivity index (χ0v) is 22.8. The first-order valence-electron chi connectivity index (χ1n) is 14.7. The molecule has 0 atom stereocenters. The molecule has 0 radical (unpaired) electrons. The molecule has 0 bridgehead atoms. The second kappa shape index (κ2) is 10.5. The van der Waals surface area contributed by atoms with E-state index in [1.165, 1.54) is 23.8 Å². The van der Waals surface area contributed by atoms with Gasteiger partial charge >= 0.3 is 5.69 Å². The van der Waals surface area contributed by atoms with Crippen molar-refractivity contribution in [1.29, 1.82) is 0 Å². The monoisotopic (exact) mass is 551 g/mol. The maximum atomic E-state index is 13.3. The molecular formula is C32H33N5O4. The van der Waals surface area contributed by atoms with Gasteiger partial charge in [0.1, 0.15) is 12.1 Å². The summed E-state index contributed by atoms with van der Waals surface area (Å²) in [5.41, 5.74) is 3.28. The summed E-state index contributed by atoms with van der Waals surface area (Å²) in [6.45, 7) is 0. The van der Waals surface area contributed by atoms with Crippen molar-refractivity contribution in [1.82, 2.24) is 24.4 Å². The highest BCUT2D eigenvalue weighted by Gasteiger charge is 2.27. The number of aromatic amines is 1. The van der Waals surface area contributed by atoms with Gasteiger partial charge < -0.3 is 19.3 Å². The second-order valence-corrected chi connectivity index (χ2v) is 11.4. The summed E-state index contributed by atoms with van der Waals surface area (Å²) in [4.78, 5) is 46.9. The minimum absolute atomic E-state index is 0.0222. The van der Waals surface area contributed by atoms with E-state index in [0.29, 0.717) is 48.2 Å². The van der Waals surface area contributed by atoms with Gasteiger partial charge in [-0.05, 0) is 74.9 Å². The summed E-state index contributed by atoms with van der Waals surface area (Å²) in [6.07, 6.45) is 12.0. The first-order chi connectivity index (χ1) is 20.1. The summed E-state index contributed by atoms with van der Waals surface area (Å²) in [5, 5.41) is 3.69. The van der Waals surface area contributed by atoms with Crippen molar-refractivity contribution in [3.05, 3.63) is 87.5 Å². The molecule has 9 nitrogen and oxygen atoms in total. The van der Waals surface area contributed by atoms with Crippen molar-refractivity contribution in [3.63, 3.8) is 0 Å². The number of para-hydroxylation sites is 1. The van der Waals surface area contributed by atoms with Crippen LogP contribution in [0.5, 0.6) is 0 Å². The Kier molecular flexibility index (Phi) is 6.57. The van der Waals surface area contributed by atoms with Gasteiger partial charge in [0.15, 0.2) is 0 Å². The Bertz CT molecular complexity index is 1830. The first kappa shape index (κ1) is 25.6. The van der Waals surface area contributed by atoms with Gasteiger partial charge in [0, 0.05) is 23.7 Å². The fourth-order valence-electron chi connectivity index (χ4n) is 6.80. The summed E-state index contributed by atoms with van der Waals surface area (Å²) < 4.78 is 9.05. The number of hydrogen-bond acceptors (Lipinski definition) is 5. The van der Waals surface area contributed by atoms with Crippen molar-refractivity contribution in [2.24, 2.45) is 0 Å². The average molecular weight is 552 g/mol. The molecule has 41 heavy (non-hydrogen) atoms. The Morgan fingerprint density at radius 1 is 0.902 bits per heavy atom. The summed E-state index contributed by atoms with van der Waals surface area (Å²) in [7, 11) is 0. The number of fused-ring (bicyclic) bond motifs is 2. The molecule has 2 fully saturated rings. The largest absolute Gasteiger partial charge is 0.472 e. The minimum atomic E-state index is -0.378. The van der Waals surface area contributed by atoms with Gasteiger partial charge in [0.2, 0.25) is 0 Å². The minimum Gasteiger partial charge on any atom is -0.472 e. The SMILES string of the molecule is O=C(NC1CCC(n2c(=O)[nH]c3ccccc3c2=O)CC1)c1ccc2c(c1)nc(-c1ccoc1)n2C1CCCCC1. The maximum absolute atomic E-state index is 13.3. The van der Waals surface area contributed by atoms with Crippen LogP contribution in [0, 0.1) is 0 Å². The van der Waals surface area contributed by atoms with Crippen LogP contribution in [-0.2, 0) is 0 Å². The van der Waals surface area contributed by atoms with E-state index in [-0.39, 0.29) is 29.2 Å². The van der Waals surface area contributed by atoms with Crippen LogP contribution in [0.1, 0.15) is 80.2 Å². The van der Waals surface area contributed by atoms with Gasteiger partial charge in [-0.25, -0.2) is 9.78 Å². The van der Waals surface area contributed by atoms with E-state index in [2.05, 4.69) is 14.9 Å². The van der Waals surface area contributed by atoms with E-state index in [4.69, 9.17) is 9.40 Å². The van der Waals surface area contributed by atoms with Gasteiger partial charge in [-0.1, -0.05) is 31.4 Å². The molecule has 7 rings (SSSR count). The standard InChI is InChI=1S/C32H33N5O4/c38-30(33-22-11-13-24(14-12-22)37-31(39)25-8-4-5-9-26(25)35-32(37)40)20-10-15-28-27(18-20)34-29(21-16-17-41-19-21)36(28)23-6-2-1-3-7-23/h4-5,8-10,15-19,22-24H,1-3,6-7,11-14H2,(H,33,38)(H,35,40). The van der Waals surface area contributed by atoms with Crippen LogP contribution >= 0.6 is 0 Å². The van der Waals surface area contributed by atoms with Crippen LogP contribution in [0.15, 0.2) is 75.1 Å². The molecule has 0 unspecified atom stereocenters. The van der Waals surface area contributed by atoms with Crippen LogP contribution in [0.25, 0.3) is 33.3 Å². The highest BCUT2D eigenvalue weighted by atomic mass is 16.3. The third-order valence-corrected chi connectivity index (χ3v) is 8.90. The van der Waals surface area contributed by atoms with Crippen LogP contribution in [0.4, 0.5) is 0 Å². The summed E-state index contributed by atoms with van der Waals surface area (Å²) >= 11 is 0. The number of aromatic nitrogens is 4. The number of rotatable bonds is 5. The number of furan rings is 1. The van der Waals surface area contributed by atoms with Crippen LogP contribution in [0.2, 0.25) is 0 Å². The lowest BCUT2D eigenvalue weighted by Crippen LogP contribution is -2.43. The number of imidazole rings is 1. The zero-order valence-electron chi connectivity index (χ0n) is 22.8. The molecule has 0 saturated heterocycles. The topological polar surface area (TPSA) is 115 Å². The maximum Gasteiger partial charge on any atom is 0.329 e. The van der Waals surface area contributed by atoms with E-state index < -0.39 is 0 Å². The molecule has 2 aliphatic rings. The van der Waals surface area contributed by atoms with E-state index in [9.17, 15) is 14.4 Å². The predicted molar refractivity (Wildman–Crippen MR) is 157 cm³/mol. The predicted octanol–water partition coefficient (Wildman–Crippen LogP) is 5.72. The highest BCUT2D eigenvalue weighted by Crippen LogP contribution is 2.36. The molecule has 9 heteroatoms. The van der Waals surface area contributed by atoms with Gasteiger partial charge in [-0.3, -0.25) is 14.2 Å². The van der Waals surface area contributed by atoms with Crippen molar-refractivity contribution in [2.45, 2.75) is 75.9 Å². The molecule has 2 aliphatic carbocycles. The Labute approximate surface area is 236 Å². The quantitative estimate of drug-likeness (QED) is 0.290. The molecule has 0 aliphatic heterocycles. The van der Waals surface area contributed by atoms with Crippen molar-refractivity contribution in [3.8, 4) is 11.4 Å². The molecule has 3 aromatic heterocycles. The molecule has 3 heterocycles. The Hall–Kier alpha value is -4.40. The van der Waals surface area contributed by atoms with Crippen molar-refractivity contribution >= 4 is 27.8 Å². The number of carbonyl (C=O) groups is 1. The van der Waals surface area contributed by atoms with Gasteiger partial charge in [-0.2, -0.15) is 0 Å². The van der Waals surface area contributed by atoms with Gasteiger partial charge in [0.25, 0.3) is 11.5 Å². The van der Waals surface area contributed by atoms with Crippen molar-refractivity contribution < 1.29 is 9.21 Å². The molecular weight excluding hydrogens is 518 g/mol. The lowest BCUT2D eigenvalue weighted by atomic mass is 9.90. The molecule has 5 aromatic rings. The molecule has 1 amide bonds. The number of H-pyrrole nitrogens is 1. The van der Waals surface area contributed by atoms with E-state index >= 15 is 0 Å². The fourth-order valence-corrected chi connectivity index (χ4v) is 6.80. The molecule has 210 valence electrons. The molecule has 0 spiro atoms. The number of nitrogens with one attached hydrogen (secondary N) is 2. The van der Waals surface area contributed by atoms with Crippen LogP contribution in [0.3, 0.4) is 0 Å². The zero-order chi connectivity index (χ0) is 27.9. The van der Waals surface area contributed by atoms with Gasteiger partial charge in [0.05, 0.1) is 33.8 Å². The molecule has 2 N–H and O–H groups in total. The van der Waals surface area contributed by atoms with E-state index in [1.54, 1.807) is 36.8 Å². The molecule has 2 aromatic carbocycles. The number of nitrogens with zero attached hydrogens (tertiary/aromatic N) is 3. The smallest absolute Gasteiger partial charge is 0.329 e. The van der Waals surface area contributed by atoms with E-state index in [0.717, 1.165) is 35.3 Å². The highest BCUT2D eigenvalue weighted by molar-refractivity contribution is 5.98.